The van der Waals surface area contributed by atoms with E-state index in [4.69, 9.17) is 4.74 Å². The summed E-state index contributed by atoms with van der Waals surface area (Å²) in [7, 11) is 0. The molecule has 0 aromatic carbocycles. The van der Waals surface area contributed by atoms with Crippen molar-refractivity contribution < 1.29 is 19.1 Å². The van der Waals surface area contributed by atoms with Crippen molar-refractivity contribution in [3.05, 3.63) is 0 Å². The van der Waals surface area contributed by atoms with Crippen LogP contribution in [0, 0.1) is 5.92 Å². The molecule has 0 aromatic heterocycles. The summed E-state index contributed by atoms with van der Waals surface area (Å²) in [6.45, 7) is 4.00. The van der Waals surface area contributed by atoms with E-state index in [0.717, 1.165) is 0 Å². The average Bonchev–Trinajstić information content (AvgIpc) is 2.18. The van der Waals surface area contributed by atoms with Gasteiger partial charge in [-0.3, -0.25) is 9.59 Å². The molecule has 6 nitrogen and oxygen atoms in total. The van der Waals surface area contributed by atoms with Crippen LogP contribution < -0.4 is 0 Å². The number of carbonyl (C=O) groups excluding carboxylic acids is 2. The summed E-state index contributed by atoms with van der Waals surface area (Å²) < 4.78 is 9.61. The quantitative estimate of drug-likeness (QED) is 0.493. The predicted molar refractivity (Wildman–Crippen MR) is 52.7 cm³/mol. The van der Waals surface area contributed by atoms with Gasteiger partial charge in [0.05, 0.1) is 13.2 Å². The Morgan fingerprint density at radius 2 is 2.20 bits per heavy atom. The van der Waals surface area contributed by atoms with Gasteiger partial charge in [-0.1, -0.05) is 0 Å². The van der Waals surface area contributed by atoms with Crippen LogP contribution in [0.2, 0.25) is 0 Å². The number of nitrogens with zero attached hydrogens (tertiary/aromatic N) is 2. The number of amidine groups is 1. The van der Waals surface area contributed by atoms with E-state index in [1.165, 1.54) is 6.21 Å². The van der Waals surface area contributed by atoms with Crippen LogP contribution in [-0.4, -0.2) is 37.3 Å². The normalized spacial score (nSPS) is 19.7. The van der Waals surface area contributed by atoms with E-state index in [1.807, 2.05) is 0 Å². The maximum absolute atomic E-state index is 11.3. The van der Waals surface area contributed by atoms with Crippen molar-refractivity contribution in [3.63, 3.8) is 0 Å². The number of carbonyl (C=O) groups is 2. The summed E-state index contributed by atoms with van der Waals surface area (Å²) in [6.07, 6.45) is 1.19. The number of rotatable bonds is 3. The van der Waals surface area contributed by atoms with Crippen LogP contribution in [-0.2, 0) is 19.1 Å². The molecule has 0 aromatic rings. The summed E-state index contributed by atoms with van der Waals surface area (Å²) >= 11 is 0. The number of hydrogen-bond donors (Lipinski definition) is 0. The molecule has 1 heterocycles. The molecule has 82 valence electrons. The molecule has 6 heteroatoms. The smallest absolute Gasteiger partial charge is 0.324 e. The average molecular weight is 212 g/mol. The lowest BCUT2D eigenvalue weighted by atomic mass is 10.1. The van der Waals surface area contributed by atoms with Gasteiger partial charge in [0.2, 0.25) is 0 Å². The van der Waals surface area contributed by atoms with Gasteiger partial charge in [-0.2, -0.15) is 4.99 Å². The molecule has 0 fully saturated rings. The minimum Gasteiger partial charge on any atom is -0.465 e. The monoisotopic (exact) mass is 212 g/mol. The van der Waals surface area contributed by atoms with Crippen LogP contribution in [0.1, 0.15) is 13.8 Å². The van der Waals surface area contributed by atoms with Crippen LogP contribution in [0.15, 0.2) is 9.98 Å². The lowest BCUT2D eigenvalue weighted by molar-refractivity contribution is -0.148. The molecule has 1 amide bonds. The summed E-state index contributed by atoms with van der Waals surface area (Å²) in [6, 6.07) is -0.0111. The molecule has 1 aliphatic rings. The summed E-state index contributed by atoms with van der Waals surface area (Å²) in [4.78, 5) is 29.8. The molecule has 15 heavy (non-hydrogen) atoms. The van der Waals surface area contributed by atoms with Gasteiger partial charge in [-0.05, 0) is 13.8 Å². The largest absolute Gasteiger partial charge is 0.465 e. The zero-order valence-corrected chi connectivity index (χ0v) is 8.60. The zero-order chi connectivity index (χ0) is 11.3. The number of amides is 1. The highest BCUT2D eigenvalue weighted by atomic mass is 16.5. The Bertz CT molecular complexity index is 322. The van der Waals surface area contributed by atoms with Gasteiger partial charge in [0.1, 0.15) is 0 Å². The van der Waals surface area contributed by atoms with Gasteiger partial charge in [-0.25, -0.2) is 4.99 Å². The molecule has 1 rings (SSSR count). The Morgan fingerprint density at radius 1 is 1.47 bits per heavy atom. The van der Waals surface area contributed by atoms with Gasteiger partial charge in [-0.15, -0.1) is 0 Å². The third-order valence-corrected chi connectivity index (χ3v) is 1.62. The molecular weight excluding hydrogens is 200 g/mol. The van der Waals surface area contributed by atoms with E-state index >= 15 is 0 Å². The maximum Gasteiger partial charge on any atom is 0.324 e. The Morgan fingerprint density at radius 3 is 2.73 bits per heavy atom. The summed E-state index contributed by atoms with van der Waals surface area (Å²) in [5.74, 6) is -2.27. The zero-order valence-electron chi connectivity index (χ0n) is 8.60. The topological polar surface area (TPSA) is 77.3 Å². The van der Waals surface area contributed by atoms with E-state index in [2.05, 4.69) is 14.7 Å². The highest BCUT2D eigenvalue weighted by Crippen LogP contribution is 2.06. The minimum atomic E-state index is -1.03. The van der Waals surface area contributed by atoms with E-state index in [0.29, 0.717) is 6.61 Å². The molecule has 0 N–H and O–H groups in total. The van der Waals surface area contributed by atoms with Crippen molar-refractivity contribution in [1.29, 1.82) is 0 Å². The molecule has 1 unspecified atom stereocenters. The van der Waals surface area contributed by atoms with E-state index in [1.54, 1.807) is 13.8 Å². The van der Waals surface area contributed by atoms with E-state index in [-0.39, 0.29) is 12.6 Å². The SMILES string of the molecule is CCOC(=O)C1C=NC(OCC)=NC1=O. The van der Waals surface area contributed by atoms with Crippen LogP contribution in [0.4, 0.5) is 0 Å². The van der Waals surface area contributed by atoms with Gasteiger partial charge in [0.25, 0.3) is 5.91 Å². The van der Waals surface area contributed by atoms with Crippen LogP contribution in [0.3, 0.4) is 0 Å². The maximum atomic E-state index is 11.3. The van der Waals surface area contributed by atoms with Crippen LogP contribution in [0.25, 0.3) is 0 Å². The molecule has 0 spiro atoms. The molecular formula is C9H12N2O4. The second kappa shape index (κ2) is 5.23. The Kier molecular flexibility index (Phi) is 3.96. The first-order valence-corrected chi connectivity index (χ1v) is 4.65. The standard InChI is InChI=1S/C9H12N2O4/c1-3-14-8(13)6-5-10-9(15-4-2)11-7(6)12/h5-6H,3-4H2,1-2H3. The molecule has 0 bridgehead atoms. The van der Waals surface area contributed by atoms with Gasteiger partial charge in [0, 0.05) is 6.21 Å². The van der Waals surface area contributed by atoms with Crippen molar-refractivity contribution >= 4 is 24.1 Å². The summed E-state index contributed by atoms with van der Waals surface area (Å²) in [5, 5.41) is 0. The van der Waals surface area contributed by atoms with E-state index in [9.17, 15) is 9.59 Å². The fourth-order valence-corrected chi connectivity index (χ4v) is 0.987. The summed E-state index contributed by atoms with van der Waals surface area (Å²) in [5.41, 5.74) is 0. The lowest BCUT2D eigenvalue weighted by Gasteiger charge is -2.11. The molecule has 1 atom stereocenters. The minimum absolute atomic E-state index is 0.0111. The molecule has 0 radical (unpaired) electrons. The second-order valence-corrected chi connectivity index (χ2v) is 2.67. The Balaban J connectivity index is 2.65. The number of esters is 1. The number of ether oxygens (including phenoxy) is 2. The van der Waals surface area contributed by atoms with Crippen molar-refractivity contribution in [2.75, 3.05) is 13.2 Å². The molecule has 1 aliphatic heterocycles. The fourth-order valence-electron chi connectivity index (χ4n) is 0.987. The second-order valence-electron chi connectivity index (χ2n) is 2.67. The number of aliphatic imine (C=N–C) groups is 2. The van der Waals surface area contributed by atoms with Gasteiger partial charge in [0.15, 0.2) is 5.92 Å². The van der Waals surface area contributed by atoms with Crippen molar-refractivity contribution in [2.45, 2.75) is 13.8 Å². The number of hydrogen-bond acceptors (Lipinski definition) is 5. The van der Waals surface area contributed by atoms with Crippen LogP contribution >= 0.6 is 0 Å². The first-order chi connectivity index (χ1) is 7.19. The van der Waals surface area contributed by atoms with Crippen molar-refractivity contribution in [3.8, 4) is 0 Å². The van der Waals surface area contributed by atoms with Crippen LogP contribution in [0.5, 0.6) is 0 Å². The van der Waals surface area contributed by atoms with Crippen molar-refractivity contribution in [2.24, 2.45) is 15.9 Å². The highest BCUT2D eigenvalue weighted by Gasteiger charge is 2.29. The first-order valence-electron chi connectivity index (χ1n) is 4.65. The molecule has 0 saturated carbocycles. The van der Waals surface area contributed by atoms with Crippen molar-refractivity contribution in [1.82, 2.24) is 0 Å². The fraction of sp³-hybridized carbons (Fsp3) is 0.556. The highest BCUT2D eigenvalue weighted by molar-refractivity contribution is 6.17. The van der Waals surface area contributed by atoms with Gasteiger partial charge >= 0.3 is 12.0 Å². The molecule has 0 saturated heterocycles. The van der Waals surface area contributed by atoms with Gasteiger partial charge < -0.3 is 9.47 Å². The van der Waals surface area contributed by atoms with E-state index < -0.39 is 17.8 Å². The lowest BCUT2D eigenvalue weighted by Crippen LogP contribution is -2.30. The predicted octanol–water partition coefficient (Wildman–Crippen LogP) is 0.169. The Hall–Kier alpha value is -1.72. The molecule has 0 aliphatic carbocycles. The third kappa shape index (κ3) is 2.87. The third-order valence-electron chi connectivity index (χ3n) is 1.62. The first kappa shape index (κ1) is 11.4. The Labute approximate surface area is 87.0 Å².